The fourth-order valence-corrected chi connectivity index (χ4v) is 4.04. The van der Waals surface area contributed by atoms with Gasteiger partial charge in [-0.1, -0.05) is 25.5 Å². The van der Waals surface area contributed by atoms with Crippen LogP contribution >= 0.6 is 10.9 Å². The summed E-state index contributed by atoms with van der Waals surface area (Å²) in [6, 6.07) is 0.186. The first kappa shape index (κ1) is 11.9. The van der Waals surface area contributed by atoms with Crippen molar-refractivity contribution in [3.05, 3.63) is 23.0 Å². The van der Waals surface area contributed by atoms with E-state index in [4.69, 9.17) is 0 Å². The van der Waals surface area contributed by atoms with Crippen LogP contribution in [-0.2, 0) is 4.79 Å². The van der Waals surface area contributed by atoms with E-state index in [9.17, 15) is 4.79 Å². The molecule has 90 valence electrons. The Morgan fingerprint density at radius 1 is 1.31 bits per heavy atom. The summed E-state index contributed by atoms with van der Waals surface area (Å²) in [4.78, 5) is 14.8. The van der Waals surface area contributed by atoms with E-state index in [0.29, 0.717) is 5.12 Å². The van der Waals surface area contributed by atoms with Crippen molar-refractivity contribution in [2.75, 3.05) is 13.1 Å². The highest BCUT2D eigenvalue weighted by Gasteiger charge is 2.29. The average molecular weight is 239 g/mol. The zero-order chi connectivity index (χ0) is 11.4. The van der Waals surface area contributed by atoms with E-state index in [1.165, 1.54) is 12.8 Å². The minimum Gasteiger partial charge on any atom is -0.293 e. The van der Waals surface area contributed by atoms with Crippen molar-refractivity contribution in [1.29, 1.82) is 0 Å². The molecule has 2 nitrogen and oxygen atoms in total. The zero-order valence-corrected chi connectivity index (χ0v) is 10.8. The zero-order valence-electron chi connectivity index (χ0n) is 9.93. The van der Waals surface area contributed by atoms with Crippen molar-refractivity contribution in [3.63, 3.8) is 0 Å². The fourth-order valence-electron chi connectivity index (χ4n) is 2.44. The highest BCUT2D eigenvalue weighted by molar-refractivity contribution is 8.34. The molecule has 16 heavy (non-hydrogen) atoms. The smallest absolute Gasteiger partial charge is 0.193 e. The molecule has 0 aliphatic carbocycles. The lowest BCUT2D eigenvalue weighted by Gasteiger charge is -2.28. The third-order valence-corrected chi connectivity index (χ3v) is 5.08. The molecule has 2 aliphatic rings. The number of hydrogen-bond acceptors (Lipinski definition) is 2. The highest BCUT2D eigenvalue weighted by atomic mass is 32.2. The Balaban J connectivity index is 2.02. The number of hydrogen-bond donors (Lipinski definition) is 1. The maximum atomic E-state index is 12.4. The average Bonchev–Trinajstić information content (AvgIpc) is 2.96. The number of carbonyl (C=O) groups excluding carboxylic acids is 1. The summed E-state index contributed by atoms with van der Waals surface area (Å²) in [6.45, 7) is 4.41. The maximum Gasteiger partial charge on any atom is 0.193 e. The van der Waals surface area contributed by atoms with Crippen molar-refractivity contribution < 1.29 is 4.79 Å². The molecule has 0 bridgehead atoms. The molecule has 0 aromatic heterocycles. The van der Waals surface area contributed by atoms with Gasteiger partial charge in [0.2, 0.25) is 0 Å². The van der Waals surface area contributed by atoms with Crippen LogP contribution in [0.4, 0.5) is 0 Å². The lowest BCUT2D eigenvalue weighted by Crippen LogP contribution is -2.38. The Kier molecular flexibility index (Phi) is 4.24. The van der Waals surface area contributed by atoms with Crippen molar-refractivity contribution in [2.24, 2.45) is 0 Å². The van der Waals surface area contributed by atoms with Crippen LogP contribution < -0.4 is 0 Å². The van der Waals surface area contributed by atoms with Gasteiger partial charge in [-0.25, -0.2) is 0 Å². The molecule has 3 heteroatoms. The molecule has 0 aromatic carbocycles. The Labute approximate surface area is 101 Å². The summed E-state index contributed by atoms with van der Waals surface area (Å²) >= 11 is 0. The van der Waals surface area contributed by atoms with Gasteiger partial charge in [-0.3, -0.25) is 9.69 Å². The van der Waals surface area contributed by atoms with Crippen LogP contribution in [0.15, 0.2) is 23.0 Å². The molecular formula is C13H21NOS. The van der Waals surface area contributed by atoms with Crippen LogP contribution in [0.1, 0.15) is 32.6 Å². The van der Waals surface area contributed by atoms with Crippen molar-refractivity contribution >= 4 is 16.0 Å². The van der Waals surface area contributed by atoms with Crippen LogP contribution in [0.5, 0.6) is 0 Å². The number of rotatable bonds is 4. The van der Waals surface area contributed by atoms with Gasteiger partial charge in [-0.05, 0) is 43.2 Å². The largest absolute Gasteiger partial charge is 0.293 e. The van der Waals surface area contributed by atoms with Gasteiger partial charge in [0.1, 0.15) is 0 Å². The van der Waals surface area contributed by atoms with Gasteiger partial charge in [-0.2, -0.15) is 10.9 Å². The number of allylic oxidation sites excluding steroid dienone is 2. The van der Waals surface area contributed by atoms with E-state index < -0.39 is 10.9 Å². The quantitative estimate of drug-likeness (QED) is 0.761. The second-order valence-electron chi connectivity index (χ2n) is 4.48. The standard InChI is InChI=1S/C13H21NOS/c1-2-7-12(14-8-3-4-9-14)13(15)16-10-5-6-11-16/h5-6,10-12,16H,2-4,7-9H2,1H3. The Bertz CT molecular complexity index is 293. The normalized spacial score (nSPS) is 24.2. The predicted molar refractivity (Wildman–Crippen MR) is 71.8 cm³/mol. The van der Waals surface area contributed by atoms with Crippen molar-refractivity contribution in [1.82, 2.24) is 4.90 Å². The SMILES string of the molecule is CCCC(C(=O)[SH]1C=CC=C1)N1CCCC1. The molecule has 0 aromatic rings. The lowest BCUT2D eigenvalue weighted by molar-refractivity contribution is -0.115. The van der Waals surface area contributed by atoms with Crippen molar-refractivity contribution in [3.8, 4) is 0 Å². The van der Waals surface area contributed by atoms with Gasteiger partial charge in [0.15, 0.2) is 5.12 Å². The first-order chi connectivity index (χ1) is 7.83. The van der Waals surface area contributed by atoms with Gasteiger partial charge in [0.05, 0.1) is 6.04 Å². The van der Waals surface area contributed by atoms with Crippen LogP contribution in [0.2, 0.25) is 0 Å². The van der Waals surface area contributed by atoms with Gasteiger partial charge in [-0.15, -0.1) is 0 Å². The predicted octanol–water partition coefficient (Wildman–Crippen LogP) is 2.82. The van der Waals surface area contributed by atoms with Gasteiger partial charge >= 0.3 is 0 Å². The molecule has 1 unspecified atom stereocenters. The van der Waals surface area contributed by atoms with Crippen LogP contribution in [0.25, 0.3) is 0 Å². The van der Waals surface area contributed by atoms with E-state index in [2.05, 4.69) is 22.6 Å². The van der Waals surface area contributed by atoms with E-state index in [-0.39, 0.29) is 6.04 Å². The first-order valence-corrected chi connectivity index (χ1v) is 7.72. The fraction of sp³-hybridized carbons (Fsp3) is 0.615. The molecule has 2 heterocycles. The molecule has 1 atom stereocenters. The molecule has 0 saturated carbocycles. The Morgan fingerprint density at radius 3 is 2.50 bits per heavy atom. The molecule has 1 saturated heterocycles. The maximum absolute atomic E-state index is 12.4. The molecule has 0 N–H and O–H groups in total. The second kappa shape index (κ2) is 5.69. The van der Waals surface area contributed by atoms with E-state index in [1.807, 2.05) is 12.2 Å². The summed E-state index contributed by atoms with van der Waals surface area (Å²) in [5.41, 5.74) is 0. The summed E-state index contributed by atoms with van der Waals surface area (Å²) in [5, 5.41) is 4.62. The Hall–Kier alpha value is -0.540. The summed E-state index contributed by atoms with van der Waals surface area (Å²) in [6.07, 6.45) is 8.67. The van der Waals surface area contributed by atoms with Crippen LogP contribution in [0.3, 0.4) is 0 Å². The van der Waals surface area contributed by atoms with Gasteiger partial charge in [0, 0.05) is 0 Å². The molecule has 0 spiro atoms. The molecule has 2 aliphatic heterocycles. The van der Waals surface area contributed by atoms with Gasteiger partial charge in [0.25, 0.3) is 0 Å². The van der Waals surface area contributed by atoms with Crippen LogP contribution in [0, 0.1) is 0 Å². The third kappa shape index (κ3) is 2.58. The van der Waals surface area contributed by atoms with E-state index in [1.54, 1.807) is 0 Å². The van der Waals surface area contributed by atoms with E-state index >= 15 is 0 Å². The third-order valence-electron chi connectivity index (χ3n) is 3.29. The van der Waals surface area contributed by atoms with Gasteiger partial charge < -0.3 is 0 Å². The minimum absolute atomic E-state index is 0.186. The number of likely N-dealkylation sites (tertiary alicyclic amines) is 1. The minimum atomic E-state index is -0.615. The summed E-state index contributed by atoms with van der Waals surface area (Å²) in [7, 11) is -0.615. The molecule has 0 amide bonds. The molecule has 0 radical (unpaired) electrons. The van der Waals surface area contributed by atoms with E-state index in [0.717, 1.165) is 25.9 Å². The molecule has 1 fully saturated rings. The van der Waals surface area contributed by atoms with Crippen LogP contribution in [-0.4, -0.2) is 29.1 Å². The summed E-state index contributed by atoms with van der Waals surface area (Å²) in [5.74, 6) is 0. The highest BCUT2D eigenvalue weighted by Crippen LogP contribution is 2.37. The molecule has 2 rings (SSSR count). The molecular weight excluding hydrogens is 218 g/mol. The monoisotopic (exact) mass is 239 g/mol. The summed E-state index contributed by atoms with van der Waals surface area (Å²) < 4.78 is 0. The topological polar surface area (TPSA) is 20.3 Å². The number of thiol groups is 1. The second-order valence-corrected chi connectivity index (χ2v) is 6.33. The lowest BCUT2D eigenvalue weighted by atomic mass is 10.1. The van der Waals surface area contributed by atoms with Crippen molar-refractivity contribution in [2.45, 2.75) is 38.6 Å². The Morgan fingerprint density at radius 2 is 1.94 bits per heavy atom. The number of nitrogens with zero attached hydrogens (tertiary/aromatic N) is 1. The first-order valence-electron chi connectivity index (χ1n) is 6.24. The number of carbonyl (C=O) groups is 1.